The summed E-state index contributed by atoms with van der Waals surface area (Å²) in [6.07, 6.45) is 0.351. The number of hydrogen-bond donors (Lipinski definition) is 0. The Morgan fingerprint density at radius 2 is 1.94 bits per heavy atom. The predicted octanol–water partition coefficient (Wildman–Crippen LogP) is 2.24. The van der Waals surface area contributed by atoms with Crippen LogP contribution >= 0.6 is 0 Å². The second-order valence-corrected chi connectivity index (χ2v) is 3.98. The molecule has 18 heavy (non-hydrogen) atoms. The van der Waals surface area contributed by atoms with Crippen LogP contribution in [0.25, 0.3) is 0 Å². The third kappa shape index (κ3) is 4.47. The quantitative estimate of drug-likeness (QED) is 0.526. The highest BCUT2D eigenvalue weighted by Gasteiger charge is 2.12. The zero-order chi connectivity index (χ0) is 13.4. The highest BCUT2D eigenvalue weighted by atomic mass is 16.5. The van der Waals surface area contributed by atoms with Crippen LogP contribution in [0.4, 0.5) is 0 Å². The van der Waals surface area contributed by atoms with E-state index in [0.29, 0.717) is 37.6 Å². The minimum atomic E-state index is 0.0352. The van der Waals surface area contributed by atoms with E-state index in [1.54, 1.807) is 14.2 Å². The lowest BCUT2D eigenvalue weighted by Gasteiger charge is -2.09. The van der Waals surface area contributed by atoms with Gasteiger partial charge in [0.05, 0.1) is 32.5 Å². The van der Waals surface area contributed by atoms with Crippen LogP contribution in [-0.4, -0.2) is 39.8 Å². The van der Waals surface area contributed by atoms with Crippen molar-refractivity contribution in [3.8, 4) is 5.75 Å². The molecule has 0 bridgehead atoms. The molecule has 0 fully saturated rings. The van der Waals surface area contributed by atoms with E-state index in [0.717, 1.165) is 5.56 Å². The maximum absolute atomic E-state index is 12.0. The van der Waals surface area contributed by atoms with Crippen LogP contribution in [-0.2, 0) is 9.47 Å². The number of rotatable bonds is 8. The molecular formula is C14H20O4. The molecule has 0 aromatic heterocycles. The maximum atomic E-state index is 12.0. The van der Waals surface area contributed by atoms with Crippen LogP contribution < -0.4 is 4.74 Å². The van der Waals surface area contributed by atoms with Gasteiger partial charge < -0.3 is 14.2 Å². The first-order chi connectivity index (χ1) is 8.69. The van der Waals surface area contributed by atoms with Gasteiger partial charge in [-0.3, -0.25) is 4.79 Å². The number of hydrogen-bond acceptors (Lipinski definition) is 4. The lowest BCUT2D eigenvalue weighted by atomic mass is 10.0. The van der Waals surface area contributed by atoms with Gasteiger partial charge in [-0.05, 0) is 19.1 Å². The molecule has 0 amide bonds. The van der Waals surface area contributed by atoms with Gasteiger partial charge in [0, 0.05) is 13.5 Å². The van der Waals surface area contributed by atoms with Crippen molar-refractivity contribution in [3.63, 3.8) is 0 Å². The third-order valence-corrected chi connectivity index (χ3v) is 2.56. The third-order valence-electron chi connectivity index (χ3n) is 2.56. The molecule has 0 spiro atoms. The lowest BCUT2D eigenvalue weighted by Crippen LogP contribution is -2.09. The summed E-state index contributed by atoms with van der Waals surface area (Å²) in [6.45, 7) is 3.40. The topological polar surface area (TPSA) is 44.8 Å². The van der Waals surface area contributed by atoms with Crippen molar-refractivity contribution < 1.29 is 19.0 Å². The molecule has 100 valence electrons. The summed E-state index contributed by atoms with van der Waals surface area (Å²) in [4.78, 5) is 12.0. The lowest BCUT2D eigenvalue weighted by molar-refractivity contribution is 0.0640. The van der Waals surface area contributed by atoms with Crippen LogP contribution in [0.2, 0.25) is 0 Å². The summed E-state index contributed by atoms with van der Waals surface area (Å²) < 4.78 is 15.3. The van der Waals surface area contributed by atoms with E-state index in [4.69, 9.17) is 14.2 Å². The Bertz CT molecular complexity index is 387. The Morgan fingerprint density at radius 1 is 1.17 bits per heavy atom. The summed E-state index contributed by atoms with van der Waals surface area (Å²) in [7, 11) is 3.18. The van der Waals surface area contributed by atoms with Crippen molar-refractivity contribution in [2.45, 2.75) is 13.3 Å². The molecule has 1 aromatic carbocycles. The fourth-order valence-corrected chi connectivity index (χ4v) is 1.58. The molecule has 0 saturated heterocycles. The molecule has 4 nitrogen and oxygen atoms in total. The second-order valence-electron chi connectivity index (χ2n) is 3.98. The number of aryl methyl sites for hydroxylation is 1. The molecule has 0 N–H and O–H groups in total. The number of methoxy groups -OCH3 is 2. The molecule has 0 aliphatic rings. The van der Waals surface area contributed by atoms with Crippen molar-refractivity contribution in [1.82, 2.24) is 0 Å². The first-order valence-corrected chi connectivity index (χ1v) is 5.93. The normalized spacial score (nSPS) is 10.4. The summed E-state index contributed by atoms with van der Waals surface area (Å²) in [5.41, 5.74) is 1.66. The number of ether oxygens (including phenoxy) is 3. The van der Waals surface area contributed by atoms with E-state index in [1.807, 2.05) is 25.1 Å². The predicted molar refractivity (Wildman–Crippen MR) is 69.4 cm³/mol. The Kier molecular flexibility index (Phi) is 6.39. The average Bonchev–Trinajstić information content (AvgIpc) is 2.38. The van der Waals surface area contributed by atoms with E-state index < -0.39 is 0 Å². The van der Waals surface area contributed by atoms with Gasteiger partial charge in [0.15, 0.2) is 5.78 Å². The molecule has 0 aliphatic heterocycles. The van der Waals surface area contributed by atoms with E-state index in [2.05, 4.69) is 0 Å². The van der Waals surface area contributed by atoms with Gasteiger partial charge in [0.1, 0.15) is 5.75 Å². The van der Waals surface area contributed by atoms with Gasteiger partial charge in [0.2, 0.25) is 0 Å². The maximum Gasteiger partial charge on any atom is 0.168 e. The first-order valence-electron chi connectivity index (χ1n) is 5.93. The molecule has 0 aliphatic carbocycles. The van der Waals surface area contributed by atoms with E-state index in [9.17, 15) is 4.79 Å². The van der Waals surface area contributed by atoms with Crippen molar-refractivity contribution in [2.24, 2.45) is 0 Å². The molecule has 0 heterocycles. The molecule has 4 heteroatoms. The van der Waals surface area contributed by atoms with E-state index in [-0.39, 0.29) is 5.78 Å². The van der Waals surface area contributed by atoms with Crippen LogP contribution in [0, 0.1) is 6.92 Å². The monoisotopic (exact) mass is 252 g/mol. The number of benzene rings is 1. The fraction of sp³-hybridized carbons (Fsp3) is 0.500. The summed E-state index contributed by atoms with van der Waals surface area (Å²) in [5.74, 6) is 0.649. The second kappa shape index (κ2) is 7.84. The zero-order valence-corrected chi connectivity index (χ0v) is 11.2. The van der Waals surface area contributed by atoms with E-state index >= 15 is 0 Å². The van der Waals surface area contributed by atoms with Gasteiger partial charge in [-0.25, -0.2) is 0 Å². The molecule has 0 unspecified atom stereocenters. The highest BCUT2D eigenvalue weighted by Crippen LogP contribution is 2.21. The summed E-state index contributed by atoms with van der Waals surface area (Å²) in [6, 6.07) is 5.58. The molecule has 0 radical (unpaired) electrons. The van der Waals surface area contributed by atoms with Crippen LogP contribution in [0.3, 0.4) is 0 Å². The minimum Gasteiger partial charge on any atom is -0.496 e. The Balaban J connectivity index is 2.52. The van der Waals surface area contributed by atoms with Crippen LogP contribution in [0.5, 0.6) is 5.75 Å². The van der Waals surface area contributed by atoms with Crippen molar-refractivity contribution >= 4 is 5.78 Å². The number of carbonyl (C=O) groups is 1. The number of Topliss-reactive ketones (excluding diaryl/α,β-unsaturated/α-hetero) is 1. The Hall–Kier alpha value is -1.39. The van der Waals surface area contributed by atoms with Crippen molar-refractivity contribution in [2.75, 3.05) is 34.0 Å². The molecule has 0 atom stereocenters. The molecular weight excluding hydrogens is 232 g/mol. The minimum absolute atomic E-state index is 0.0352. The average molecular weight is 252 g/mol. The smallest absolute Gasteiger partial charge is 0.168 e. The zero-order valence-electron chi connectivity index (χ0n) is 11.2. The molecule has 0 saturated carbocycles. The summed E-state index contributed by atoms with van der Waals surface area (Å²) in [5, 5.41) is 0. The van der Waals surface area contributed by atoms with Crippen LogP contribution in [0.1, 0.15) is 22.3 Å². The fourth-order valence-electron chi connectivity index (χ4n) is 1.58. The Labute approximate surface area is 108 Å². The van der Waals surface area contributed by atoms with Crippen LogP contribution in [0.15, 0.2) is 18.2 Å². The molecule has 1 aromatic rings. The Morgan fingerprint density at radius 3 is 2.61 bits per heavy atom. The number of carbonyl (C=O) groups excluding carboxylic acids is 1. The summed E-state index contributed by atoms with van der Waals surface area (Å²) >= 11 is 0. The van der Waals surface area contributed by atoms with Crippen molar-refractivity contribution in [3.05, 3.63) is 29.3 Å². The molecule has 1 rings (SSSR count). The largest absolute Gasteiger partial charge is 0.496 e. The van der Waals surface area contributed by atoms with E-state index in [1.165, 1.54) is 0 Å². The standard InChI is InChI=1S/C14H20O4/c1-11-4-5-14(17-3)12(10-11)13(15)6-7-18-9-8-16-2/h4-5,10H,6-9H2,1-3H3. The van der Waals surface area contributed by atoms with Gasteiger partial charge in [0.25, 0.3) is 0 Å². The van der Waals surface area contributed by atoms with Gasteiger partial charge >= 0.3 is 0 Å². The van der Waals surface area contributed by atoms with Gasteiger partial charge in [-0.15, -0.1) is 0 Å². The van der Waals surface area contributed by atoms with Crippen molar-refractivity contribution in [1.29, 1.82) is 0 Å². The number of ketones is 1. The first kappa shape index (κ1) is 14.7. The van der Waals surface area contributed by atoms with Gasteiger partial charge in [-0.1, -0.05) is 11.6 Å². The SMILES string of the molecule is COCCOCCC(=O)c1cc(C)ccc1OC. The van der Waals surface area contributed by atoms with Gasteiger partial charge in [-0.2, -0.15) is 0 Å². The highest BCUT2D eigenvalue weighted by molar-refractivity contribution is 5.98.